The van der Waals surface area contributed by atoms with Crippen molar-refractivity contribution in [2.24, 2.45) is 5.41 Å². The average Bonchev–Trinajstić information content (AvgIpc) is 2.31. The minimum absolute atomic E-state index is 0.0273. The van der Waals surface area contributed by atoms with Gasteiger partial charge in [-0.3, -0.25) is 0 Å². The van der Waals surface area contributed by atoms with Crippen LogP contribution in [0.25, 0.3) is 0 Å². The summed E-state index contributed by atoms with van der Waals surface area (Å²) in [7, 11) is 0. The van der Waals surface area contributed by atoms with Gasteiger partial charge in [0, 0.05) is 6.54 Å². The maximum atomic E-state index is 11.6. The third-order valence-electron chi connectivity index (χ3n) is 3.13. The summed E-state index contributed by atoms with van der Waals surface area (Å²) in [6.07, 6.45) is 3.12. The van der Waals surface area contributed by atoms with E-state index in [0.29, 0.717) is 13.0 Å². The highest BCUT2D eigenvalue weighted by Crippen LogP contribution is 2.17. The van der Waals surface area contributed by atoms with E-state index in [1.165, 1.54) is 0 Å². The number of carbonyl (C=O) groups excluding carboxylic acids is 1. The molecule has 0 aliphatic rings. The number of hydrogen-bond acceptors (Lipinski definition) is 2. The zero-order valence-electron chi connectivity index (χ0n) is 11.9. The summed E-state index contributed by atoms with van der Waals surface area (Å²) in [5.41, 5.74) is 0.0273. The van der Waals surface area contributed by atoms with E-state index in [0.717, 1.165) is 19.3 Å². The van der Waals surface area contributed by atoms with Gasteiger partial charge in [0.15, 0.2) is 0 Å². The summed E-state index contributed by atoms with van der Waals surface area (Å²) in [6, 6.07) is -1.20. The first-order valence-electron chi connectivity index (χ1n) is 6.59. The number of nitrogens with one attached hydrogen (secondary N) is 2. The van der Waals surface area contributed by atoms with Gasteiger partial charge in [-0.2, -0.15) is 0 Å². The number of carbonyl (C=O) groups is 2. The molecular weight excluding hydrogens is 232 g/mol. The van der Waals surface area contributed by atoms with E-state index in [9.17, 15) is 9.59 Å². The quantitative estimate of drug-likeness (QED) is 0.625. The van der Waals surface area contributed by atoms with Gasteiger partial charge in [-0.05, 0) is 18.3 Å². The summed E-state index contributed by atoms with van der Waals surface area (Å²) in [4.78, 5) is 22.6. The molecule has 0 fully saturated rings. The SMILES string of the molecule is CCCC[C@H](NC(=O)NCC(C)(C)CC)C(=O)O. The minimum Gasteiger partial charge on any atom is -0.480 e. The van der Waals surface area contributed by atoms with Gasteiger partial charge in [-0.1, -0.05) is 40.5 Å². The Morgan fingerprint density at radius 3 is 2.33 bits per heavy atom. The lowest BCUT2D eigenvalue weighted by atomic mass is 9.90. The Kier molecular flexibility index (Phi) is 7.39. The van der Waals surface area contributed by atoms with Crippen LogP contribution >= 0.6 is 0 Å². The molecule has 5 nitrogen and oxygen atoms in total. The van der Waals surface area contributed by atoms with Crippen molar-refractivity contribution in [2.45, 2.75) is 59.4 Å². The van der Waals surface area contributed by atoms with Crippen LogP contribution < -0.4 is 10.6 Å². The van der Waals surface area contributed by atoms with Crippen LogP contribution in [-0.2, 0) is 4.79 Å². The standard InChI is InChI=1S/C13H26N2O3/c1-5-7-8-10(11(16)17)15-12(18)14-9-13(3,4)6-2/h10H,5-9H2,1-4H3,(H,16,17)(H2,14,15,18)/t10-/m0/s1. The Hall–Kier alpha value is -1.26. The van der Waals surface area contributed by atoms with Crippen molar-refractivity contribution < 1.29 is 14.7 Å². The van der Waals surface area contributed by atoms with Crippen LogP contribution in [-0.4, -0.2) is 29.7 Å². The first kappa shape index (κ1) is 16.7. The van der Waals surface area contributed by atoms with Gasteiger partial charge in [0.25, 0.3) is 0 Å². The van der Waals surface area contributed by atoms with E-state index in [-0.39, 0.29) is 5.41 Å². The molecule has 1 atom stereocenters. The molecule has 5 heteroatoms. The van der Waals surface area contributed by atoms with Crippen molar-refractivity contribution in [1.29, 1.82) is 0 Å². The van der Waals surface area contributed by atoms with E-state index in [1.54, 1.807) is 0 Å². The molecule has 0 aliphatic carbocycles. The molecule has 0 aromatic rings. The van der Waals surface area contributed by atoms with Crippen molar-refractivity contribution in [3.63, 3.8) is 0 Å². The normalized spacial score (nSPS) is 12.9. The molecule has 0 aromatic heterocycles. The van der Waals surface area contributed by atoms with E-state index >= 15 is 0 Å². The molecule has 0 heterocycles. The van der Waals surface area contributed by atoms with Crippen molar-refractivity contribution in [2.75, 3.05) is 6.54 Å². The Balaban J connectivity index is 4.14. The molecule has 0 unspecified atom stereocenters. The number of aliphatic carboxylic acids is 1. The lowest BCUT2D eigenvalue weighted by Crippen LogP contribution is -2.47. The summed E-state index contributed by atoms with van der Waals surface area (Å²) < 4.78 is 0. The number of unbranched alkanes of at least 4 members (excludes halogenated alkanes) is 1. The maximum Gasteiger partial charge on any atom is 0.326 e. The maximum absolute atomic E-state index is 11.6. The molecule has 0 saturated carbocycles. The highest BCUT2D eigenvalue weighted by atomic mass is 16.4. The monoisotopic (exact) mass is 258 g/mol. The van der Waals surface area contributed by atoms with Crippen molar-refractivity contribution in [3.05, 3.63) is 0 Å². The third-order valence-corrected chi connectivity index (χ3v) is 3.13. The molecule has 0 bridgehead atoms. The molecule has 3 N–H and O–H groups in total. The van der Waals surface area contributed by atoms with Crippen molar-refractivity contribution >= 4 is 12.0 Å². The second-order valence-electron chi connectivity index (χ2n) is 5.38. The highest BCUT2D eigenvalue weighted by molar-refractivity contribution is 5.82. The van der Waals surface area contributed by atoms with Crippen LogP contribution in [0.4, 0.5) is 4.79 Å². The van der Waals surface area contributed by atoms with Crippen LogP contribution in [0.15, 0.2) is 0 Å². The molecule has 0 rings (SSSR count). The number of hydrogen-bond donors (Lipinski definition) is 3. The summed E-state index contributed by atoms with van der Waals surface area (Å²) in [5.74, 6) is -0.978. The number of carboxylic acid groups (broad SMARTS) is 1. The molecule has 0 saturated heterocycles. The molecule has 0 aromatic carbocycles. The zero-order valence-corrected chi connectivity index (χ0v) is 11.9. The Bertz CT molecular complexity index is 277. The van der Waals surface area contributed by atoms with Crippen LogP contribution in [0.1, 0.15) is 53.4 Å². The van der Waals surface area contributed by atoms with Crippen molar-refractivity contribution in [3.8, 4) is 0 Å². The van der Waals surface area contributed by atoms with Crippen LogP contribution in [0.5, 0.6) is 0 Å². The van der Waals surface area contributed by atoms with Gasteiger partial charge in [0.2, 0.25) is 0 Å². The summed E-state index contributed by atoms with van der Waals surface area (Å²) in [5, 5.41) is 14.2. The fraction of sp³-hybridized carbons (Fsp3) is 0.846. The smallest absolute Gasteiger partial charge is 0.326 e. The summed E-state index contributed by atoms with van der Waals surface area (Å²) in [6.45, 7) is 8.69. The molecule has 2 amide bonds. The predicted molar refractivity (Wildman–Crippen MR) is 71.6 cm³/mol. The van der Waals surface area contributed by atoms with Gasteiger partial charge in [0.1, 0.15) is 6.04 Å². The minimum atomic E-state index is -0.978. The molecule has 18 heavy (non-hydrogen) atoms. The Labute approximate surface area is 109 Å². The first-order valence-corrected chi connectivity index (χ1v) is 6.59. The average molecular weight is 258 g/mol. The predicted octanol–water partition coefficient (Wildman–Crippen LogP) is 2.37. The number of rotatable bonds is 8. The molecule has 106 valence electrons. The topological polar surface area (TPSA) is 78.4 Å². The Morgan fingerprint density at radius 2 is 1.89 bits per heavy atom. The van der Waals surface area contributed by atoms with E-state index in [2.05, 4.69) is 31.4 Å². The van der Waals surface area contributed by atoms with Gasteiger partial charge in [-0.25, -0.2) is 9.59 Å². The van der Waals surface area contributed by atoms with Gasteiger partial charge < -0.3 is 15.7 Å². The molecule has 0 spiro atoms. The molecule has 0 radical (unpaired) electrons. The third kappa shape index (κ3) is 7.14. The second-order valence-corrected chi connectivity index (χ2v) is 5.38. The van der Waals surface area contributed by atoms with E-state index in [4.69, 9.17) is 5.11 Å². The second kappa shape index (κ2) is 7.95. The number of amides is 2. The lowest BCUT2D eigenvalue weighted by molar-refractivity contribution is -0.139. The number of carboxylic acids is 1. The van der Waals surface area contributed by atoms with Gasteiger partial charge >= 0.3 is 12.0 Å². The van der Waals surface area contributed by atoms with E-state index in [1.807, 2.05) is 6.92 Å². The largest absolute Gasteiger partial charge is 0.480 e. The lowest BCUT2D eigenvalue weighted by Gasteiger charge is -2.23. The molecular formula is C13H26N2O3. The number of urea groups is 1. The van der Waals surface area contributed by atoms with E-state index < -0.39 is 18.0 Å². The fourth-order valence-electron chi connectivity index (χ4n) is 1.32. The van der Waals surface area contributed by atoms with Crippen LogP contribution in [0.3, 0.4) is 0 Å². The zero-order chi connectivity index (χ0) is 14.2. The van der Waals surface area contributed by atoms with Crippen LogP contribution in [0.2, 0.25) is 0 Å². The van der Waals surface area contributed by atoms with Crippen LogP contribution in [0, 0.1) is 5.41 Å². The Morgan fingerprint density at radius 1 is 1.28 bits per heavy atom. The first-order chi connectivity index (χ1) is 8.32. The highest BCUT2D eigenvalue weighted by Gasteiger charge is 2.21. The summed E-state index contributed by atoms with van der Waals surface area (Å²) >= 11 is 0. The van der Waals surface area contributed by atoms with Crippen molar-refractivity contribution in [1.82, 2.24) is 10.6 Å². The fourth-order valence-corrected chi connectivity index (χ4v) is 1.32. The van der Waals surface area contributed by atoms with Gasteiger partial charge in [0.05, 0.1) is 0 Å². The van der Waals surface area contributed by atoms with Gasteiger partial charge in [-0.15, -0.1) is 0 Å². The molecule has 0 aliphatic heterocycles.